The normalized spacial score (nSPS) is 13.8. The molecule has 6 heteroatoms. The minimum Gasteiger partial charge on any atom is -0.496 e. The zero-order valence-corrected chi connectivity index (χ0v) is 11.8. The number of hydrogen-bond acceptors (Lipinski definition) is 5. The fourth-order valence-electron chi connectivity index (χ4n) is 1.74. The maximum Gasteiger partial charge on any atom is 0.444 e. The molecule has 1 aliphatic rings. The topological polar surface area (TPSA) is 60.9 Å². The van der Waals surface area contributed by atoms with Crippen molar-refractivity contribution in [1.82, 2.24) is 10.0 Å². The lowest BCUT2D eigenvalue weighted by molar-refractivity contribution is -0.0650. The van der Waals surface area contributed by atoms with Gasteiger partial charge >= 0.3 is 6.09 Å². The first-order valence-corrected chi connectivity index (χ1v) is 6.03. The van der Waals surface area contributed by atoms with Gasteiger partial charge in [-0.15, -0.1) is 5.06 Å². The molecule has 1 aromatic rings. The quantitative estimate of drug-likeness (QED) is 0.781. The van der Waals surface area contributed by atoms with Gasteiger partial charge in [-0.2, -0.15) is 0 Å². The highest BCUT2D eigenvalue weighted by Crippen LogP contribution is 2.34. The van der Waals surface area contributed by atoms with Crippen LogP contribution in [0.15, 0.2) is 6.07 Å². The number of carbonyl (C=O) groups is 1. The Hall–Kier alpha value is -1.98. The number of hydrogen-bond donors (Lipinski definition) is 0. The molecule has 0 radical (unpaired) electrons. The number of amides is 1. The molecule has 0 bridgehead atoms. The second-order valence-electron chi connectivity index (χ2n) is 5.36. The van der Waals surface area contributed by atoms with E-state index in [0.29, 0.717) is 11.6 Å². The van der Waals surface area contributed by atoms with Crippen LogP contribution < -0.4 is 9.57 Å². The third kappa shape index (κ3) is 2.89. The Morgan fingerprint density at radius 3 is 2.74 bits per heavy atom. The predicted molar refractivity (Wildman–Crippen MR) is 67.9 cm³/mol. The smallest absolute Gasteiger partial charge is 0.444 e. The van der Waals surface area contributed by atoms with Crippen LogP contribution in [0.2, 0.25) is 0 Å². The van der Waals surface area contributed by atoms with Gasteiger partial charge in [-0.1, -0.05) is 0 Å². The molecular formula is C13H18N2O4. The standard InChI is InChI=1S/C13H18N2O4/c1-8-6-10(17-5)9-7-15(19-11(9)14-8)12(16)18-13(2,3)4/h6H,7H2,1-5H3. The van der Waals surface area contributed by atoms with Gasteiger partial charge < -0.3 is 14.3 Å². The summed E-state index contributed by atoms with van der Waals surface area (Å²) in [6, 6.07) is 1.81. The zero-order valence-electron chi connectivity index (χ0n) is 11.8. The average Bonchev–Trinajstić information content (AvgIpc) is 2.69. The summed E-state index contributed by atoms with van der Waals surface area (Å²) in [5.74, 6) is 1.05. The van der Waals surface area contributed by atoms with Crippen LogP contribution >= 0.6 is 0 Å². The molecule has 1 aliphatic heterocycles. The lowest BCUT2D eigenvalue weighted by atomic mass is 10.2. The lowest BCUT2D eigenvalue weighted by Crippen LogP contribution is -2.35. The molecule has 104 valence electrons. The minimum atomic E-state index is -0.567. The van der Waals surface area contributed by atoms with Gasteiger partial charge in [0.15, 0.2) is 0 Å². The van der Waals surface area contributed by atoms with Crippen molar-refractivity contribution in [2.75, 3.05) is 7.11 Å². The van der Waals surface area contributed by atoms with Gasteiger partial charge in [0, 0.05) is 11.8 Å². The lowest BCUT2D eigenvalue weighted by Gasteiger charge is -2.22. The molecule has 0 unspecified atom stereocenters. The van der Waals surface area contributed by atoms with Crippen molar-refractivity contribution in [3.05, 3.63) is 17.3 Å². The first-order chi connectivity index (χ1) is 8.80. The van der Waals surface area contributed by atoms with Crippen LogP contribution in [0, 0.1) is 6.92 Å². The van der Waals surface area contributed by atoms with Gasteiger partial charge in [-0.05, 0) is 27.7 Å². The van der Waals surface area contributed by atoms with Crippen LogP contribution in [0.25, 0.3) is 0 Å². The molecule has 0 spiro atoms. The Balaban J connectivity index is 2.18. The summed E-state index contributed by atoms with van der Waals surface area (Å²) in [6.07, 6.45) is -0.537. The zero-order chi connectivity index (χ0) is 14.2. The summed E-state index contributed by atoms with van der Waals surface area (Å²) in [5.41, 5.74) is 0.948. The van der Waals surface area contributed by atoms with Crippen LogP contribution in [-0.2, 0) is 11.3 Å². The predicted octanol–water partition coefficient (Wildman–Crippen LogP) is 2.44. The molecule has 0 N–H and O–H groups in total. The molecule has 1 aromatic heterocycles. The summed E-state index contributed by atoms with van der Waals surface area (Å²) < 4.78 is 10.5. The van der Waals surface area contributed by atoms with Crippen molar-refractivity contribution in [3.63, 3.8) is 0 Å². The molecule has 0 aliphatic carbocycles. The van der Waals surface area contributed by atoms with E-state index in [1.54, 1.807) is 33.9 Å². The van der Waals surface area contributed by atoms with Crippen LogP contribution in [0.3, 0.4) is 0 Å². The number of hydroxylamine groups is 2. The van der Waals surface area contributed by atoms with Gasteiger partial charge in [0.05, 0.1) is 19.2 Å². The first-order valence-electron chi connectivity index (χ1n) is 6.03. The molecule has 2 rings (SSSR count). The highest BCUT2D eigenvalue weighted by molar-refractivity contribution is 5.68. The SMILES string of the molecule is COc1cc(C)nc2c1CN(C(=O)OC(C)(C)C)O2. The van der Waals surface area contributed by atoms with E-state index in [-0.39, 0.29) is 6.54 Å². The monoisotopic (exact) mass is 266 g/mol. The van der Waals surface area contributed by atoms with E-state index >= 15 is 0 Å². The van der Waals surface area contributed by atoms with Crippen molar-refractivity contribution in [1.29, 1.82) is 0 Å². The fourth-order valence-corrected chi connectivity index (χ4v) is 1.74. The molecule has 0 fully saturated rings. The summed E-state index contributed by atoms with van der Waals surface area (Å²) >= 11 is 0. The van der Waals surface area contributed by atoms with E-state index in [1.807, 2.05) is 6.92 Å². The van der Waals surface area contributed by atoms with Crippen LogP contribution in [0.1, 0.15) is 32.0 Å². The maximum absolute atomic E-state index is 11.9. The Labute approximate surface area is 112 Å². The van der Waals surface area contributed by atoms with E-state index < -0.39 is 11.7 Å². The number of ether oxygens (including phenoxy) is 2. The van der Waals surface area contributed by atoms with Gasteiger partial charge in [-0.3, -0.25) is 0 Å². The second-order valence-corrected chi connectivity index (χ2v) is 5.36. The van der Waals surface area contributed by atoms with Crippen molar-refractivity contribution in [2.45, 2.75) is 39.8 Å². The molecule has 0 saturated heterocycles. The maximum atomic E-state index is 11.9. The molecule has 0 aromatic carbocycles. The number of carbonyl (C=O) groups excluding carboxylic acids is 1. The minimum absolute atomic E-state index is 0.265. The third-order valence-corrected chi connectivity index (χ3v) is 2.49. The van der Waals surface area contributed by atoms with Crippen molar-refractivity contribution < 1.29 is 19.1 Å². The van der Waals surface area contributed by atoms with E-state index in [1.165, 1.54) is 0 Å². The van der Waals surface area contributed by atoms with Gasteiger partial charge in [0.2, 0.25) is 0 Å². The van der Waals surface area contributed by atoms with Crippen LogP contribution in [0.5, 0.6) is 11.6 Å². The highest BCUT2D eigenvalue weighted by atomic mass is 16.7. The highest BCUT2D eigenvalue weighted by Gasteiger charge is 2.33. The van der Waals surface area contributed by atoms with Crippen LogP contribution in [0.4, 0.5) is 4.79 Å². The van der Waals surface area contributed by atoms with Gasteiger partial charge in [-0.25, -0.2) is 9.78 Å². The number of aromatic nitrogens is 1. The molecule has 6 nitrogen and oxygen atoms in total. The number of rotatable bonds is 1. The summed E-state index contributed by atoms with van der Waals surface area (Å²) in [6.45, 7) is 7.51. The number of fused-ring (bicyclic) bond motifs is 1. The summed E-state index contributed by atoms with van der Waals surface area (Å²) in [7, 11) is 1.57. The van der Waals surface area contributed by atoms with Crippen molar-refractivity contribution >= 4 is 6.09 Å². The Morgan fingerprint density at radius 2 is 2.16 bits per heavy atom. The van der Waals surface area contributed by atoms with Crippen LogP contribution in [-0.4, -0.2) is 28.9 Å². The molecule has 1 amide bonds. The second kappa shape index (κ2) is 4.60. The molecule has 0 saturated carbocycles. The number of aryl methyl sites for hydroxylation is 1. The molecular weight excluding hydrogens is 248 g/mol. The van der Waals surface area contributed by atoms with Gasteiger partial charge in [0.1, 0.15) is 11.4 Å². The van der Waals surface area contributed by atoms with E-state index in [2.05, 4.69) is 4.98 Å². The molecule has 19 heavy (non-hydrogen) atoms. The van der Waals surface area contributed by atoms with E-state index in [0.717, 1.165) is 16.3 Å². The Morgan fingerprint density at radius 1 is 1.47 bits per heavy atom. The number of pyridine rings is 1. The van der Waals surface area contributed by atoms with E-state index in [9.17, 15) is 4.79 Å². The van der Waals surface area contributed by atoms with E-state index in [4.69, 9.17) is 14.3 Å². The Kier molecular flexibility index (Phi) is 3.26. The molecule has 0 atom stereocenters. The largest absolute Gasteiger partial charge is 0.496 e. The fraction of sp³-hybridized carbons (Fsp3) is 0.538. The Bertz CT molecular complexity index is 508. The third-order valence-electron chi connectivity index (χ3n) is 2.49. The van der Waals surface area contributed by atoms with Crippen molar-refractivity contribution in [2.24, 2.45) is 0 Å². The average molecular weight is 266 g/mol. The van der Waals surface area contributed by atoms with Crippen molar-refractivity contribution in [3.8, 4) is 11.6 Å². The molecule has 2 heterocycles. The number of methoxy groups -OCH3 is 1. The summed E-state index contributed by atoms with van der Waals surface area (Å²) in [5, 5.41) is 1.14. The number of nitrogens with zero attached hydrogens (tertiary/aromatic N) is 2. The first kappa shape index (κ1) is 13.5. The summed E-state index contributed by atoms with van der Waals surface area (Å²) in [4.78, 5) is 21.6. The van der Waals surface area contributed by atoms with Gasteiger partial charge in [0.25, 0.3) is 5.88 Å².